The second kappa shape index (κ2) is 7.48. The molecule has 1 N–H and O–H groups in total. The van der Waals surface area contributed by atoms with Gasteiger partial charge in [-0.05, 0) is 36.6 Å². The van der Waals surface area contributed by atoms with Gasteiger partial charge in [0.25, 0.3) is 5.91 Å². The SMILES string of the molecule is CC(C)N1CN(C2c3ccccc3CS(=O)(=O)c3ccccc32)n2ccc(=O)c(O)c2C1=O. The summed E-state index contributed by atoms with van der Waals surface area (Å²) in [5.41, 5.74) is 1.24. The molecule has 1 amide bonds. The first-order valence-electron chi connectivity index (χ1n) is 10.6. The summed E-state index contributed by atoms with van der Waals surface area (Å²) in [6.07, 6.45) is 1.46. The molecule has 3 heterocycles. The molecule has 0 saturated carbocycles. The van der Waals surface area contributed by atoms with E-state index in [2.05, 4.69) is 0 Å². The van der Waals surface area contributed by atoms with E-state index in [9.17, 15) is 23.1 Å². The van der Waals surface area contributed by atoms with Crippen molar-refractivity contribution in [1.82, 2.24) is 9.58 Å². The number of carbonyl (C=O) groups is 1. The average Bonchev–Trinajstić information content (AvgIpc) is 2.88. The van der Waals surface area contributed by atoms with Gasteiger partial charge in [-0.15, -0.1) is 0 Å². The monoisotopic (exact) mass is 465 g/mol. The Balaban J connectivity index is 1.84. The molecule has 2 aromatic carbocycles. The van der Waals surface area contributed by atoms with E-state index in [1.165, 1.54) is 16.9 Å². The van der Waals surface area contributed by atoms with Crippen LogP contribution in [0.15, 0.2) is 70.5 Å². The highest BCUT2D eigenvalue weighted by Gasteiger charge is 2.41. The van der Waals surface area contributed by atoms with E-state index in [1.54, 1.807) is 41.3 Å². The van der Waals surface area contributed by atoms with Gasteiger partial charge in [0.1, 0.15) is 6.67 Å². The Bertz CT molecular complexity index is 1440. The van der Waals surface area contributed by atoms with E-state index < -0.39 is 33.0 Å². The van der Waals surface area contributed by atoms with Crippen molar-refractivity contribution in [3.05, 3.63) is 93.4 Å². The molecule has 0 saturated heterocycles. The molecular formula is C24H23N3O5S. The number of pyridine rings is 1. The number of sulfone groups is 1. The van der Waals surface area contributed by atoms with Crippen LogP contribution in [0.3, 0.4) is 0 Å². The highest BCUT2D eigenvalue weighted by Crippen LogP contribution is 2.40. The Labute approximate surface area is 191 Å². The van der Waals surface area contributed by atoms with Gasteiger partial charge < -0.3 is 10.0 Å². The van der Waals surface area contributed by atoms with Crippen LogP contribution in [-0.4, -0.2) is 41.7 Å². The Morgan fingerprint density at radius 1 is 0.970 bits per heavy atom. The molecule has 0 bridgehead atoms. The summed E-state index contributed by atoms with van der Waals surface area (Å²) in [5.74, 6) is -1.22. The van der Waals surface area contributed by atoms with E-state index in [1.807, 2.05) is 31.0 Å². The third kappa shape index (κ3) is 3.22. The molecule has 0 aliphatic carbocycles. The van der Waals surface area contributed by atoms with Crippen LogP contribution in [-0.2, 0) is 15.6 Å². The summed E-state index contributed by atoms with van der Waals surface area (Å²) < 4.78 is 28.0. The molecule has 1 atom stereocenters. The number of rotatable bonds is 2. The number of nitrogens with zero attached hydrogens (tertiary/aromatic N) is 3. The molecule has 1 unspecified atom stereocenters. The summed E-state index contributed by atoms with van der Waals surface area (Å²) in [6, 6.07) is 14.6. The van der Waals surface area contributed by atoms with Gasteiger partial charge in [-0.1, -0.05) is 42.5 Å². The highest BCUT2D eigenvalue weighted by atomic mass is 32.2. The van der Waals surface area contributed by atoms with Crippen molar-refractivity contribution in [3.63, 3.8) is 0 Å². The normalized spacial score (nSPS) is 19.0. The second-order valence-corrected chi connectivity index (χ2v) is 10.5. The predicted molar refractivity (Wildman–Crippen MR) is 122 cm³/mol. The molecule has 33 heavy (non-hydrogen) atoms. The fourth-order valence-corrected chi connectivity index (χ4v) is 6.30. The van der Waals surface area contributed by atoms with Crippen molar-refractivity contribution in [3.8, 4) is 5.75 Å². The van der Waals surface area contributed by atoms with Gasteiger partial charge in [-0.2, -0.15) is 0 Å². The predicted octanol–water partition coefficient (Wildman–Crippen LogP) is 2.39. The summed E-state index contributed by atoms with van der Waals surface area (Å²) in [7, 11) is -3.61. The third-order valence-electron chi connectivity index (χ3n) is 6.26. The number of fused-ring (bicyclic) bond motifs is 3. The Hall–Kier alpha value is -3.59. The van der Waals surface area contributed by atoms with E-state index >= 15 is 0 Å². The van der Waals surface area contributed by atoms with Gasteiger partial charge in [0.2, 0.25) is 5.43 Å². The fraction of sp³-hybridized carbons (Fsp3) is 0.250. The third-order valence-corrected chi connectivity index (χ3v) is 7.99. The second-order valence-electron chi connectivity index (χ2n) is 8.57. The molecule has 0 spiro atoms. The molecule has 9 heteroatoms. The Morgan fingerprint density at radius 2 is 1.64 bits per heavy atom. The first-order chi connectivity index (χ1) is 15.7. The number of aromatic hydroxyl groups is 1. The minimum Gasteiger partial charge on any atom is -0.502 e. The lowest BCUT2D eigenvalue weighted by atomic mass is 9.94. The number of hydrogen-bond acceptors (Lipinski definition) is 6. The van der Waals surface area contributed by atoms with Crippen LogP contribution < -0.4 is 10.4 Å². The zero-order valence-electron chi connectivity index (χ0n) is 18.2. The van der Waals surface area contributed by atoms with Crippen molar-refractivity contribution in [2.24, 2.45) is 0 Å². The van der Waals surface area contributed by atoms with Gasteiger partial charge in [-0.3, -0.25) is 19.3 Å². The number of carbonyl (C=O) groups excluding carboxylic acids is 1. The Kier molecular flexibility index (Phi) is 4.82. The van der Waals surface area contributed by atoms with Crippen molar-refractivity contribution in [2.45, 2.75) is 36.6 Å². The standard InChI is InChI=1S/C24H23N3O5S/c1-15(2)25-14-27(26-12-11-19(28)23(29)22(26)24(25)30)21-17-8-4-3-7-16(17)13-33(31,32)20-10-6-5-9-18(20)21/h3-12,15,21,29H,13-14H2,1-2H3. The van der Waals surface area contributed by atoms with E-state index in [0.29, 0.717) is 11.1 Å². The summed E-state index contributed by atoms with van der Waals surface area (Å²) >= 11 is 0. The molecule has 0 fully saturated rings. The molecule has 1 aromatic heterocycles. The van der Waals surface area contributed by atoms with Crippen molar-refractivity contribution in [2.75, 3.05) is 11.7 Å². The molecule has 3 aromatic rings. The number of hydrogen-bond donors (Lipinski definition) is 1. The largest absolute Gasteiger partial charge is 0.502 e. The number of amides is 1. The maximum atomic E-state index is 13.3. The summed E-state index contributed by atoms with van der Waals surface area (Å²) in [4.78, 5) is 27.2. The van der Waals surface area contributed by atoms with E-state index in [0.717, 1.165) is 5.56 Å². The zero-order chi connectivity index (χ0) is 23.5. The van der Waals surface area contributed by atoms with Crippen molar-refractivity contribution < 1.29 is 18.3 Å². The first-order valence-corrected chi connectivity index (χ1v) is 12.3. The topological polar surface area (TPSA) is 99.9 Å². The maximum Gasteiger partial charge on any atom is 0.278 e. The molecule has 0 radical (unpaired) electrons. The summed E-state index contributed by atoms with van der Waals surface area (Å²) in [6.45, 7) is 3.84. The molecule has 170 valence electrons. The average molecular weight is 466 g/mol. The van der Waals surface area contributed by atoms with Crippen molar-refractivity contribution in [1.29, 1.82) is 0 Å². The Morgan fingerprint density at radius 3 is 2.36 bits per heavy atom. The smallest absolute Gasteiger partial charge is 0.278 e. The van der Waals surface area contributed by atoms with Crippen LogP contribution in [0, 0.1) is 0 Å². The zero-order valence-corrected chi connectivity index (χ0v) is 19.0. The number of benzene rings is 2. The number of aromatic nitrogens is 1. The fourth-order valence-electron chi connectivity index (χ4n) is 4.65. The molecule has 2 aliphatic rings. The van der Waals surface area contributed by atoms with Gasteiger partial charge >= 0.3 is 0 Å². The van der Waals surface area contributed by atoms with E-state index in [4.69, 9.17) is 0 Å². The molecule has 8 nitrogen and oxygen atoms in total. The maximum absolute atomic E-state index is 13.3. The lowest BCUT2D eigenvalue weighted by Crippen LogP contribution is -2.57. The van der Waals surface area contributed by atoms with Crippen LogP contribution in [0.1, 0.15) is 47.1 Å². The molecule has 2 aliphatic heterocycles. The van der Waals surface area contributed by atoms with Crippen LogP contribution >= 0.6 is 0 Å². The van der Waals surface area contributed by atoms with Crippen LogP contribution in [0.4, 0.5) is 0 Å². The lowest BCUT2D eigenvalue weighted by Gasteiger charge is -2.45. The molecular weight excluding hydrogens is 442 g/mol. The van der Waals surface area contributed by atoms with Gasteiger partial charge in [0.15, 0.2) is 21.3 Å². The molecule has 5 rings (SSSR count). The van der Waals surface area contributed by atoms with Crippen LogP contribution in [0.2, 0.25) is 0 Å². The lowest BCUT2D eigenvalue weighted by molar-refractivity contribution is 0.0621. The minimum atomic E-state index is -3.61. The quantitative estimate of drug-likeness (QED) is 0.624. The van der Waals surface area contributed by atoms with Crippen LogP contribution in [0.25, 0.3) is 0 Å². The highest BCUT2D eigenvalue weighted by molar-refractivity contribution is 7.90. The van der Waals surface area contributed by atoms with Gasteiger partial charge in [-0.25, -0.2) is 8.42 Å². The first kappa shape index (κ1) is 21.3. The van der Waals surface area contributed by atoms with Gasteiger partial charge in [0, 0.05) is 18.3 Å². The summed E-state index contributed by atoms with van der Waals surface area (Å²) in [5, 5.41) is 12.4. The van der Waals surface area contributed by atoms with Gasteiger partial charge in [0.05, 0.1) is 16.7 Å². The van der Waals surface area contributed by atoms with Crippen LogP contribution in [0.5, 0.6) is 5.75 Å². The van der Waals surface area contributed by atoms with E-state index in [-0.39, 0.29) is 29.1 Å². The minimum absolute atomic E-state index is 0.135. The van der Waals surface area contributed by atoms with Crippen molar-refractivity contribution >= 4 is 15.7 Å².